The maximum Gasteiger partial charge on any atom is 0.223 e. The van der Waals surface area contributed by atoms with Gasteiger partial charge in [0.1, 0.15) is 17.7 Å². The minimum absolute atomic E-state index is 0.0592. The monoisotopic (exact) mass is 421 g/mol. The number of hydrogen-bond donors (Lipinski definition) is 1. The first-order valence-corrected chi connectivity index (χ1v) is 10.9. The summed E-state index contributed by atoms with van der Waals surface area (Å²) in [6.45, 7) is 6.24. The number of carbonyl (C=O) groups excluding carboxylic acids is 1. The third-order valence-electron chi connectivity index (χ3n) is 6.54. The molecule has 2 aromatic rings. The second kappa shape index (κ2) is 9.03. The molecular weight excluding hydrogens is 393 g/mol. The van der Waals surface area contributed by atoms with Crippen LogP contribution in [-0.4, -0.2) is 47.5 Å². The molecule has 4 rings (SSSR count). The lowest BCUT2D eigenvalue weighted by Crippen LogP contribution is -2.56. The van der Waals surface area contributed by atoms with Gasteiger partial charge in [0.05, 0.1) is 11.6 Å². The summed E-state index contributed by atoms with van der Waals surface area (Å²) in [5.41, 5.74) is 1.56. The molecule has 3 unspecified atom stereocenters. The molecule has 2 saturated heterocycles. The average molecular weight is 422 g/mol. The Hall–Kier alpha value is -2.98. The van der Waals surface area contributed by atoms with Crippen LogP contribution < -0.4 is 10.2 Å². The molecule has 31 heavy (non-hydrogen) atoms. The van der Waals surface area contributed by atoms with Gasteiger partial charge >= 0.3 is 0 Å². The molecule has 0 aliphatic carbocycles. The first-order chi connectivity index (χ1) is 15.0. The van der Waals surface area contributed by atoms with Crippen molar-refractivity contribution in [3.8, 4) is 6.07 Å². The van der Waals surface area contributed by atoms with Gasteiger partial charge in [-0.15, -0.1) is 0 Å². The van der Waals surface area contributed by atoms with Crippen molar-refractivity contribution in [2.24, 2.45) is 5.92 Å². The fourth-order valence-corrected chi connectivity index (χ4v) is 4.82. The molecule has 1 amide bonds. The number of nitrogens with zero attached hydrogens (tertiary/aromatic N) is 4. The van der Waals surface area contributed by atoms with Crippen LogP contribution >= 0.6 is 0 Å². The third kappa shape index (κ3) is 4.54. The van der Waals surface area contributed by atoms with E-state index < -0.39 is 0 Å². The van der Waals surface area contributed by atoms with Crippen molar-refractivity contribution < 1.29 is 9.18 Å². The van der Waals surface area contributed by atoms with E-state index in [0.717, 1.165) is 17.8 Å². The van der Waals surface area contributed by atoms with E-state index >= 15 is 0 Å². The summed E-state index contributed by atoms with van der Waals surface area (Å²) in [4.78, 5) is 21.7. The standard InChI is InChI=1S/C24H28FN5O/c1-16-11-21-14-29(15-22(16)30(21)23-8-3-18(12-26)13-28-23)24(31)9-10-27-17(2)19-4-6-20(25)7-5-19/h3-8,13,16-17,21-22,27H,9-11,14-15H2,1-2H3/t16-,17?,21?,22?/m1/s1. The number of rotatable bonds is 6. The van der Waals surface area contributed by atoms with Gasteiger partial charge in [0.2, 0.25) is 5.91 Å². The Morgan fingerprint density at radius 2 is 2.06 bits per heavy atom. The molecule has 4 atom stereocenters. The molecule has 2 bridgehead atoms. The number of fused-ring (bicyclic) bond motifs is 2. The summed E-state index contributed by atoms with van der Waals surface area (Å²) in [5, 5.41) is 12.4. The molecule has 1 aromatic heterocycles. The Morgan fingerprint density at radius 1 is 1.29 bits per heavy atom. The predicted molar refractivity (Wildman–Crippen MR) is 117 cm³/mol. The van der Waals surface area contributed by atoms with E-state index in [4.69, 9.17) is 5.26 Å². The van der Waals surface area contributed by atoms with Gasteiger partial charge in [0, 0.05) is 44.3 Å². The maximum atomic E-state index is 13.1. The molecule has 2 fully saturated rings. The van der Waals surface area contributed by atoms with Crippen LogP contribution in [0.25, 0.3) is 0 Å². The largest absolute Gasteiger partial charge is 0.347 e. The van der Waals surface area contributed by atoms with Crippen molar-refractivity contribution in [2.75, 3.05) is 24.5 Å². The van der Waals surface area contributed by atoms with Gasteiger partial charge < -0.3 is 15.1 Å². The van der Waals surface area contributed by atoms with E-state index in [-0.39, 0.29) is 29.8 Å². The van der Waals surface area contributed by atoms with E-state index in [2.05, 4.69) is 28.2 Å². The number of amides is 1. The molecule has 162 valence electrons. The van der Waals surface area contributed by atoms with Gasteiger partial charge in [0.25, 0.3) is 0 Å². The quantitative estimate of drug-likeness (QED) is 0.775. The Bertz CT molecular complexity index is 955. The van der Waals surface area contributed by atoms with Gasteiger partial charge in [0.15, 0.2) is 0 Å². The van der Waals surface area contributed by atoms with Crippen LogP contribution in [0.3, 0.4) is 0 Å². The summed E-state index contributed by atoms with van der Waals surface area (Å²) in [7, 11) is 0. The lowest BCUT2D eigenvalue weighted by Gasteiger charge is -2.42. The van der Waals surface area contributed by atoms with Crippen LogP contribution in [0.5, 0.6) is 0 Å². The Labute approximate surface area is 182 Å². The highest BCUT2D eigenvalue weighted by Crippen LogP contribution is 2.37. The highest BCUT2D eigenvalue weighted by Gasteiger charge is 2.45. The molecule has 2 aliphatic rings. The number of aromatic nitrogens is 1. The second-order valence-electron chi connectivity index (χ2n) is 8.63. The zero-order valence-corrected chi connectivity index (χ0v) is 18.0. The second-order valence-corrected chi connectivity index (χ2v) is 8.63. The van der Waals surface area contributed by atoms with Gasteiger partial charge in [-0.1, -0.05) is 19.1 Å². The number of hydrogen-bond acceptors (Lipinski definition) is 5. The highest BCUT2D eigenvalue weighted by molar-refractivity contribution is 5.77. The zero-order chi connectivity index (χ0) is 22.0. The average Bonchev–Trinajstić information content (AvgIpc) is 2.98. The minimum atomic E-state index is -0.245. The number of carbonyl (C=O) groups is 1. The first-order valence-electron chi connectivity index (χ1n) is 10.9. The van der Waals surface area contributed by atoms with E-state index in [1.54, 1.807) is 24.4 Å². The number of benzene rings is 1. The molecule has 3 heterocycles. The highest BCUT2D eigenvalue weighted by atomic mass is 19.1. The molecule has 6 nitrogen and oxygen atoms in total. The molecular formula is C24H28FN5O. The predicted octanol–water partition coefficient (Wildman–Crippen LogP) is 3.26. The fourth-order valence-electron chi connectivity index (χ4n) is 4.82. The van der Waals surface area contributed by atoms with Crippen molar-refractivity contribution >= 4 is 11.7 Å². The molecule has 0 saturated carbocycles. The van der Waals surface area contributed by atoms with Crippen LogP contribution in [0.15, 0.2) is 42.6 Å². The van der Waals surface area contributed by atoms with E-state index in [1.165, 1.54) is 12.1 Å². The zero-order valence-electron chi connectivity index (χ0n) is 18.0. The lowest BCUT2D eigenvalue weighted by molar-refractivity contribution is -0.132. The van der Waals surface area contributed by atoms with E-state index in [9.17, 15) is 9.18 Å². The number of piperazine rings is 1. The normalized spacial score (nSPS) is 23.5. The lowest BCUT2D eigenvalue weighted by atomic mass is 10.0. The molecule has 0 spiro atoms. The Morgan fingerprint density at radius 3 is 2.71 bits per heavy atom. The Balaban J connectivity index is 1.32. The number of nitrogens with one attached hydrogen (secondary N) is 1. The minimum Gasteiger partial charge on any atom is -0.347 e. The van der Waals surface area contributed by atoms with Crippen molar-refractivity contribution in [1.82, 2.24) is 15.2 Å². The van der Waals surface area contributed by atoms with Crippen molar-refractivity contribution in [1.29, 1.82) is 5.26 Å². The fraction of sp³-hybridized carbons (Fsp3) is 0.458. The van der Waals surface area contributed by atoms with Crippen LogP contribution in [-0.2, 0) is 4.79 Å². The summed E-state index contributed by atoms with van der Waals surface area (Å²) >= 11 is 0. The van der Waals surface area contributed by atoms with Crippen molar-refractivity contribution in [3.63, 3.8) is 0 Å². The summed E-state index contributed by atoms with van der Waals surface area (Å²) < 4.78 is 13.1. The molecule has 1 aromatic carbocycles. The molecule has 1 N–H and O–H groups in total. The summed E-state index contributed by atoms with van der Waals surface area (Å²) in [5.74, 6) is 1.29. The first kappa shape index (κ1) is 21.3. The van der Waals surface area contributed by atoms with Gasteiger partial charge in [-0.05, 0) is 49.1 Å². The van der Waals surface area contributed by atoms with Crippen LogP contribution in [0.4, 0.5) is 10.2 Å². The summed E-state index contributed by atoms with van der Waals surface area (Å²) in [6.07, 6.45) is 3.09. The number of nitriles is 1. The van der Waals surface area contributed by atoms with E-state index in [0.29, 0.717) is 37.5 Å². The van der Waals surface area contributed by atoms with Crippen molar-refractivity contribution in [2.45, 2.75) is 44.8 Å². The van der Waals surface area contributed by atoms with Crippen LogP contribution in [0, 0.1) is 23.1 Å². The van der Waals surface area contributed by atoms with E-state index in [1.807, 2.05) is 17.9 Å². The maximum absolute atomic E-state index is 13.1. The van der Waals surface area contributed by atoms with Gasteiger partial charge in [-0.2, -0.15) is 5.26 Å². The molecule has 2 aliphatic heterocycles. The third-order valence-corrected chi connectivity index (χ3v) is 6.54. The van der Waals surface area contributed by atoms with Gasteiger partial charge in [-0.3, -0.25) is 4.79 Å². The van der Waals surface area contributed by atoms with Crippen LogP contribution in [0.2, 0.25) is 0 Å². The number of pyridine rings is 1. The van der Waals surface area contributed by atoms with Gasteiger partial charge in [-0.25, -0.2) is 9.37 Å². The SMILES string of the molecule is CC(NCCC(=O)N1CC2C[C@@H](C)C(C1)N2c1ccc(C#N)cn1)c1ccc(F)cc1. The topological polar surface area (TPSA) is 72.3 Å². The smallest absolute Gasteiger partial charge is 0.223 e. The molecule has 0 radical (unpaired) electrons. The number of anilines is 1. The molecule has 7 heteroatoms. The van der Waals surface area contributed by atoms with Crippen LogP contribution in [0.1, 0.15) is 43.9 Å². The number of halogens is 1. The number of likely N-dealkylation sites (tertiary alicyclic amines) is 1. The Kier molecular flexibility index (Phi) is 6.19. The van der Waals surface area contributed by atoms with Crippen molar-refractivity contribution in [3.05, 3.63) is 59.5 Å². The summed E-state index contributed by atoms with van der Waals surface area (Å²) in [6, 6.07) is 12.8.